The van der Waals surface area contributed by atoms with Gasteiger partial charge in [0.15, 0.2) is 15.5 Å². The third kappa shape index (κ3) is 4.79. The molecule has 0 aliphatic carbocycles. The molecule has 9 heteroatoms. The van der Waals surface area contributed by atoms with E-state index in [-0.39, 0.29) is 18.6 Å². The summed E-state index contributed by atoms with van der Waals surface area (Å²) in [4.78, 5) is 16.8. The number of aromatic amines is 1. The Balaban J connectivity index is 1.48. The van der Waals surface area contributed by atoms with E-state index < -0.39 is 0 Å². The SMILES string of the molecule is CCN1C(=O)OCC1=Cc1ccc(Oc2ccc(Cc3sc(=S)[nH]c3O)cc2OC)cc1. The second-order valence-electron chi connectivity index (χ2n) is 7.05. The predicted octanol–water partition coefficient (Wildman–Crippen LogP) is 5.72. The molecule has 166 valence electrons. The van der Waals surface area contributed by atoms with Gasteiger partial charge >= 0.3 is 6.09 Å². The zero-order valence-electron chi connectivity index (χ0n) is 17.6. The van der Waals surface area contributed by atoms with Gasteiger partial charge in [0, 0.05) is 13.0 Å². The number of amides is 1. The quantitative estimate of drug-likeness (QED) is 0.430. The number of thiazole rings is 1. The van der Waals surface area contributed by atoms with Gasteiger partial charge in [-0.15, -0.1) is 11.3 Å². The molecule has 1 aliphatic rings. The minimum atomic E-state index is -0.314. The number of nitrogens with one attached hydrogen (secondary N) is 1. The molecule has 1 aliphatic heterocycles. The molecular formula is C23H22N2O5S2. The largest absolute Gasteiger partial charge is 0.494 e. The fraction of sp³-hybridized carbons (Fsp3) is 0.217. The number of aromatic hydroxyl groups is 1. The summed E-state index contributed by atoms with van der Waals surface area (Å²) >= 11 is 6.42. The summed E-state index contributed by atoms with van der Waals surface area (Å²) in [5.41, 5.74) is 2.74. The average Bonchev–Trinajstić information content (AvgIpc) is 3.30. The molecule has 1 aromatic heterocycles. The summed E-state index contributed by atoms with van der Waals surface area (Å²) in [6.07, 6.45) is 2.15. The smallest absolute Gasteiger partial charge is 0.414 e. The first-order chi connectivity index (χ1) is 15.5. The van der Waals surface area contributed by atoms with Crippen molar-refractivity contribution < 1.29 is 24.1 Å². The van der Waals surface area contributed by atoms with Crippen molar-refractivity contribution in [3.05, 3.63) is 68.1 Å². The number of H-pyrrole nitrogens is 1. The molecule has 2 heterocycles. The lowest BCUT2D eigenvalue weighted by Crippen LogP contribution is -2.21. The van der Waals surface area contributed by atoms with Crippen LogP contribution in [0.4, 0.5) is 4.79 Å². The fourth-order valence-electron chi connectivity index (χ4n) is 3.38. The molecule has 1 fully saturated rings. The van der Waals surface area contributed by atoms with E-state index in [1.807, 2.05) is 55.5 Å². The number of aromatic nitrogens is 1. The van der Waals surface area contributed by atoms with E-state index in [1.165, 1.54) is 11.3 Å². The maximum absolute atomic E-state index is 11.7. The number of ether oxygens (including phenoxy) is 3. The van der Waals surface area contributed by atoms with E-state index in [0.717, 1.165) is 21.7 Å². The molecule has 2 N–H and O–H groups in total. The van der Waals surface area contributed by atoms with Crippen molar-refractivity contribution in [2.24, 2.45) is 0 Å². The van der Waals surface area contributed by atoms with Crippen molar-refractivity contribution in [3.63, 3.8) is 0 Å². The molecule has 0 radical (unpaired) electrons. The number of rotatable bonds is 7. The van der Waals surface area contributed by atoms with Gasteiger partial charge in [-0.1, -0.05) is 18.2 Å². The number of carbonyl (C=O) groups excluding carboxylic acids is 1. The summed E-state index contributed by atoms with van der Waals surface area (Å²) in [7, 11) is 1.59. The van der Waals surface area contributed by atoms with Crippen LogP contribution >= 0.6 is 23.6 Å². The molecule has 1 amide bonds. The Morgan fingerprint density at radius 3 is 2.69 bits per heavy atom. The van der Waals surface area contributed by atoms with Crippen LogP contribution in [0, 0.1) is 3.95 Å². The van der Waals surface area contributed by atoms with E-state index in [1.54, 1.807) is 12.0 Å². The molecular weight excluding hydrogens is 448 g/mol. The van der Waals surface area contributed by atoms with Crippen molar-refractivity contribution in [1.29, 1.82) is 0 Å². The zero-order valence-corrected chi connectivity index (χ0v) is 19.2. The molecule has 1 saturated heterocycles. The van der Waals surface area contributed by atoms with Crippen LogP contribution in [0.25, 0.3) is 6.08 Å². The highest BCUT2D eigenvalue weighted by Crippen LogP contribution is 2.34. The van der Waals surface area contributed by atoms with Gasteiger partial charge in [-0.25, -0.2) is 4.79 Å². The van der Waals surface area contributed by atoms with Crippen LogP contribution in [0.5, 0.6) is 23.1 Å². The normalized spacial score (nSPS) is 14.6. The van der Waals surface area contributed by atoms with Crippen molar-refractivity contribution in [2.75, 3.05) is 20.3 Å². The minimum absolute atomic E-state index is 0.102. The first-order valence-electron chi connectivity index (χ1n) is 9.97. The van der Waals surface area contributed by atoms with E-state index in [2.05, 4.69) is 4.98 Å². The van der Waals surface area contributed by atoms with Gasteiger partial charge in [0.25, 0.3) is 0 Å². The van der Waals surface area contributed by atoms with E-state index in [9.17, 15) is 9.90 Å². The maximum Gasteiger partial charge on any atom is 0.414 e. The first-order valence-corrected chi connectivity index (χ1v) is 11.2. The fourth-order valence-corrected chi connectivity index (χ4v) is 4.53. The van der Waals surface area contributed by atoms with Gasteiger partial charge < -0.3 is 24.3 Å². The second-order valence-corrected chi connectivity index (χ2v) is 8.83. The molecule has 2 aromatic carbocycles. The lowest BCUT2D eigenvalue weighted by Gasteiger charge is -2.13. The molecule has 3 aromatic rings. The molecule has 0 spiro atoms. The third-order valence-corrected chi connectivity index (χ3v) is 6.18. The lowest BCUT2D eigenvalue weighted by atomic mass is 10.1. The van der Waals surface area contributed by atoms with Crippen LogP contribution in [-0.4, -0.2) is 41.3 Å². The molecule has 4 rings (SSSR count). The number of benzene rings is 2. The molecule has 0 unspecified atom stereocenters. The summed E-state index contributed by atoms with van der Waals surface area (Å²) in [5, 5.41) is 9.92. The molecule has 0 atom stereocenters. The third-order valence-electron chi connectivity index (χ3n) is 4.96. The number of hydrogen-bond acceptors (Lipinski definition) is 7. The molecule has 7 nitrogen and oxygen atoms in total. The van der Waals surface area contributed by atoms with Gasteiger partial charge in [-0.2, -0.15) is 0 Å². The van der Waals surface area contributed by atoms with E-state index in [0.29, 0.717) is 34.2 Å². The summed E-state index contributed by atoms with van der Waals surface area (Å²) < 4.78 is 17.1. The standard InChI is InChI=1S/C23H22N2O5S2/c1-3-25-16(13-29-23(25)27)10-14-4-7-17(8-5-14)30-18-9-6-15(11-19(18)28-2)12-20-21(26)24-22(31)32-20/h4-11,26H,3,12-13H2,1-2H3,(H,24,31). The first kappa shape index (κ1) is 21.9. The zero-order chi connectivity index (χ0) is 22.7. The van der Waals surface area contributed by atoms with Gasteiger partial charge in [-0.05, 0) is 60.6 Å². The number of cyclic esters (lactones) is 1. The Kier molecular flexibility index (Phi) is 6.48. The lowest BCUT2D eigenvalue weighted by molar-refractivity contribution is 0.160. The maximum atomic E-state index is 11.7. The average molecular weight is 471 g/mol. The molecule has 0 bridgehead atoms. The van der Waals surface area contributed by atoms with Crippen LogP contribution < -0.4 is 9.47 Å². The van der Waals surface area contributed by atoms with E-state index >= 15 is 0 Å². The monoisotopic (exact) mass is 470 g/mol. The van der Waals surface area contributed by atoms with Crippen molar-refractivity contribution in [2.45, 2.75) is 13.3 Å². The Morgan fingerprint density at radius 1 is 1.25 bits per heavy atom. The van der Waals surface area contributed by atoms with Crippen molar-refractivity contribution in [1.82, 2.24) is 9.88 Å². The summed E-state index contributed by atoms with van der Waals surface area (Å²) in [5.74, 6) is 1.93. The minimum Gasteiger partial charge on any atom is -0.494 e. The number of likely N-dealkylation sites (N-methyl/N-ethyl adjacent to an activating group) is 1. The summed E-state index contributed by atoms with van der Waals surface area (Å²) in [6, 6.07) is 13.2. The van der Waals surface area contributed by atoms with Gasteiger partial charge in [0.1, 0.15) is 12.4 Å². The number of carbonyl (C=O) groups is 1. The van der Waals surface area contributed by atoms with Crippen molar-refractivity contribution >= 4 is 35.7 Å². The summed E-state index contributed by atoms with van der Waals surface area (Å²) in [6.45, 7) is 2.76. The van der Waals surface area contributed by atoms with Crippen LogP contribution in [-0.2, 0) is 11.2 Å². The molecule has 0 saturated carbocycles. The predicted molar refractivity (Wildman–Crippen MR) is 125 cm³/mol. The number of methoxy groups -OCH3 is 1. The van der Waals surface area contributed by atoms with Gasteiger partial charge in [0.05, 0.1) is 17.7 Å². The van der Waals surface area contributed by atoms with Crippen molar-refractivity contribution in [3.8, 4) is 23.1 Å². The number of hydrogen-bond donors (Lipinski definition) is 2. The Bertz CT molecular complexity index is 1210. The van der Waals surface area contributed by atoms with Crippen LogP contribution in [0.1, 0.15) is 22.9 Å². The number of nitrogens with zero attached hydrogens (tertiary/aromatic N) is 1. The Morgan fingerprint density at radius 2 is 2.03 bits per heavy atom. The highest BCUT2D eigenvalue weighted by Gasteiger charge is 2.25. The van der Waals surface area contributed by atoms with Crippen LogP contribution in [0.15, 0.2) is 48.2 Å². The van der Waals surface area contributed by atoms with Gasteiger partial charge in [0.2, 0.25) is 5.88 Å². The Labute approximate surface area is 194 Å². The second kappa shape index (κ2) is 9.46. The molecule has 32 heavy (non-hydrogen) atoms. The topological polar surface area (TPSA) is 84.0 Å². The van der Waals surface area contributed by atoms with Crippen LogP contribution in [0.2, 0.25) is 0 Å². The Hall–Kier alpha value is -3.30. The van der Waals surface area contributed by atoms with Crippen LogP contribution in [0.3, 0.4) is 0 Å². The highest BCUT2D eigenvalue weighted by atomic mass is 32.1. The van der Waals surface area contributed by atoms with E-state index in [4.69, 9.17) is 26.4 Å². The highest BCUT2D eigenvalue weighted by molar-refractivity contribution is 7.73. The van der Waals surface area contributed by atoms with Gasteiger partial charge in [-0.3, -0.25) is 4.90 Å².